The molecule has 3 aromatic rings. The van der Waals surface area contributed by atoms with Gasteiger partial charge in [0.1, 0.15) is 11.6 Å². The summed E-state index contributed by atoms with van der Waals surface area (Å²) in [6.07, 6.45) is -0.690. The van der Waals surface area contributed by atoms with E-state index >= 15 is 0 Å². The molecule has 1 amide bonds. The van der Waals surface area contributed by atoms with Crippen molar-refractivity contribution in [2.24, 2.45) is 0 Å². The van der Waals surface area contributed by atoms with E-state index < -0.39 is 16.9 Å². The van der Waals surface area contributed by atoms with Gasteiger partial charge in [-0.2, -0.15) is 5.10 Å². The number of nitrogens with one attached hydrogen (secondary N) is 1. The number of hydrogen-bond donors (Lipinski definition) is 1. The Morgan fingerprint density at radius 3 is 2.61 bits per heavy atom. The van der Waals surface area contributed by atoms with Gasteiger partial charge in [-0.15, -0.1) is 0 Å². The minimum Gasteiger partial charge on any atom is -0.481 e. The van der Waals surface area contributed by atoms with Gasteiger partial charge in [-0.05, 0) is 37.6 Å². The fourth-order valence-corrected chi connectivity index (χ4v) is 4.47. The van der Waals surface area contributed by atoms with Crippen molar-refractivity contribution in [3.63, 3.8) is 0 Å². The summed E-state index contributed by atoms with van der Waals surface area (Å²) in [6.45, 7) is 3.70. The van der Waals surface area contributed by atoms with Crippen LogP contribution in [0.3, 0.4) is 0 Å². The molecule has 7 heteroatoms. The molecule has 6 nitrogen and oxygen atoms in total. The second-order valence-electron chi connectivity index (χ2n) is 6.76. The molecule has 1 aliphatic rings. The third-order valence-electron chi connectivity index (χ3n) is 4.68. The van der Waals surface area contributed by atoms with E-state index in [4.69, 9.17) is 4.74 Å². The van der Waals surface area contributed by atoms with Crippen molar-refractivity contribution in [3.05, 3.63) is 71.4 Å². The highest BCUT2D eigenvalue weighted by molar-refractivity contribution is 7.83. The number of anilines is 1. The van der Waals surface area contributed by atoms with Gasteiger partial charge in [-0.25, -0.2) is 4.68 Å². The monoisotopic (exact) mass is 395 g/mol. The molecule has 0 radical (unpaired) electrons. The number of rotatable bonds is 5. The van der Waals surface area contributed by atoms with Crippen molar-refractivity contribution in [2.45, 2.75) is 31.5 Å². The van der Waals surface area contributed by atoms with Gasteiger partial charge >= 0.3 is 0 Å². The molecule has 0 fully saturated rings. The van der Waals surface area contributed by atoms with Crippen LogP contribution in [0.1, 0.15) is 23.7 Å². The zero-order valence-corrected chi connectivity index (χ0v) is 16.5. The Hall–Kier alpha value is -2.93. The first-order chi connectivity index (χ1) is 13.5. The summed E-state index contributed by atoms with van der Waals surface area (Å²) < 4.78 is 19.5. The third kappa shape index (κ3) is 3.57. The number of aromatic nitrogens is 2. The molecule has 1 N–H and O–H groups in total. The van der Waals surface area contributed by atoms with Crippen LogP contribution in [0.15, 0.2) is 54.6 Å². The van der Waals surface area contributed by atoms with Crippen molar-refractivity contribution >= 4 is 22.5 Å². The molecule has 0 spiro atoms. The van der Waals surface area contributed by atoms with Crippen LogP contribution in [0.2, 0.25) is 0 Å². The largest absolute Gasteiger partial charge is 0.481 e. The second kappa shape index (κ2) is 7.59. The van der Waals surface area contributed by atoms with Crippen molar-refractivity contribution in [1.82, 2.24) is 9.78 Å². The molecule has 0 unspecified atom stereocenters. The quantitative estimate of drug-likeness (QED) is 0.719. The number of nitrogens with zero attached hydrogens (tertiary/aromatic N) is 2. The molecule has 144 valence electrons. The predicted molar refractivity (Wildman–Crippen MR) is 109 cm³/mol. The molecule has 1 aromatic heterocycles. The summed E-state index contributed by atoms with van der Waals surface area (Å²) in [5, 5.41) is 7.60. The summed E-state index contributed by atoms with van der Waals surface area (Å²) >= 11 is 0. The maximum absolute atomic E-state index is 12.8. The van der Waals surface area contributed by atoms with Gasteiger partial charge in [0.15, 0.2) is 6.10 Å². The lowest BCUT2D eigenvalue weighted by Crippen LogP contribution is -2.31. The maximum atomic E-state index is 12.8. The first-order valence-electron chi connectivity index (χ1n) is 9.07. The fraction of sp³-hybridized carbons (Fsp3) is 0.238. The Morgan fingerprint density at radius 1 is 1.14 bits per heavy atom. The van der Waals surface area contributed by atoms with Crippen LogP contribution in [0.4, 0.5) is 5.82 Å². The molecule has 2 atom stereocenters. The van der Waals surface area contributed by atoms with Crippen molar-refractivity contribution < 1.29 is 13.7 Å². The summed E-state index contributed by atoms with van der Waals surface area (Å²) in [4.78, 5) is 12.8. The molecule has 1 aliphatic heterocycles. The highest BCUT2D eigenvalue weighted by Crippen LogP contribution is 2.32. The van der Waals surface area contributed by atoms with Crippen LogP contribution in [0.25, 0.3) is 5.69 Å². The highest BCUT2D eigenvalue weighted by Gasteiger charge is 2.29. The average Bonchev–Trinajstić information content (AvgIpc) is 3.20. The maximum Gasteiger partial charge on any atom is 0.266 e. The first-order valence-corrected chi connectivity index (χ1v) is 10.6. The first kappa shape index (κ1) is 18.4. The number of ether oxygens (including phenoxy) is 1. The Kier molecular flexibility index (Phi) is 5.00. The Balaban J connectivity index is 1.64. The lowest BCUT2D eigenvalue weighted by molar-refractivity contribution is -0.122. The standard InChI is InChI=1S/C21H21N3O3S/c1-14-8-6-7-11-19(14)24-20(17-12-28(26)13-18(17)23-24)22-21(25)15(2)27-16-9-4-3-5-10-16/h3-11,15H,12-13H2,1-2H3,(H,22,25)/t15-,28-/m1/s1. The van der Waals surface area contributed by atoms with Crippen molar-refractivity contribution in [3.8, 4) is 11.4 Å². The number of aryl methyl sites for hydroxylation is 1. The second-order valence-corrected chi connectivity index (χ2v) is 8.22. The Morgan fingerprint density at radius 2 is 1.86 bits per heavy atom. The minimum absolute atomic E-state index is 0.279. The van der Waals surface area contributed by atoms with E-state index in [0.29, 0.717) is 23.1 Å². The van der Waals surface area contributed by atoms with Crippen LogP contribution in [-0.2, 0) is 27.1 Å². The van der Waals surface area contributed by atoms with Crippen LogP contribution in [0.5, 0.6) is 5.75 Å². The van der Waals surface area contributed by atoms with Crippen molar-refractivity contribution in [1.29, 1.82) is 0 Å². The number of carbonyl (C=O) groups excluding carboxylic acids is 1. The lowest BCUT2D eigenvalue weighted by Gasteiger charge is -2.17. The fourth-order valence-electron chi connectivity index (χ4n) is 3.21. The van der Waals surface area contributed by atoms with E-state index in [2.05, 4.69) is 10.4 Å². The number of carbonyl (C=O) groups is 1. The van der Waals surface area contributed by atoms with E-state index in [1.807, 2.05) is 61.5 Å². The van der Waals surface area contributed by atoms with Crippen LogP contribution in [-0.4, -0.2) is 26.0 Å². The van der Waals surface area contributed by atoms with Gasteiger partial charge in [0.25, 0.3) is 5.91 Å². The van der Waals surface area contributed by atoms with E-state index in [9.17, 15) is 9.00 Å². The van der Waals surface area contributed by atoms with E-state index in [1.54, 1.807) is 11.6 Å². The number of hydrogen-bond acceptors (Lipinski definition) is 4. The average molecular weight is 395 g/mol. The number of para-hydroxylation sites is 2. The molecule has 28 heavy (non-hydrogen) atoms. The summed E-state index contributed by atoms with van der Waals surface area (Å²) in [6, 6.07) is 17.1. The zero-order valence-electron chi connectivity index (χ0n) is 15.7. The van der Waals surface area contributed by atoms with Crippen LogP contribution in [0, 0.1) is 6.92 Å². The smallest absolute Gasteiger partial charge is 0.266 e. The number of benzene rings is 2. The Labute approximate surface area is 166 Å². The van der Waals surface area contributed by atoms with E-state index in [-0.39, 0.29) is 5.91 Å². The lowest BCUT2D eigenvalue weighted by atomic mass is 10.2. The van der Waals surface area contributed by atoms with Gasteiger partial charge in [0.2, 0.25) is 0 Å². The van der Waals surface area contributed by atoms with Gasteiger partial charge in [0.05, 0.1) is 22.9 Å². The van der Waals surface area contributed by atoms with Crippen LogP contribution >= 0.6 is 0 Å². The molecule has 0 bridgehead atoms. The van der Waals surface area contributed by atoms with Gasteiger partial charge in [-0.1, -0.05) is 36.4 Å². The SMILES string of the molecule is Cc1ccccc1-n1nc2c(c1NC(=O)[C@@H](C)Oc1ccccc1)C[S@@](=O)C2. The number of fused-ring (bicyclic) bond motifs is 1. The third-order valence-corrected chi connectivity index (χ3v) is 5.89. The summed E-state index contributed by atoms with van der Waals surface area (Å²) in [5.74, 6) is 1.73. The van der Waals surface area contributed by atoms with E-state index in [1.165, 1.54) is 0 Å². The molecule has 4 rings (SSSR count). The van der Waals surface area contributed by atoms with Gasteiger partial charge in [-0.3, -0.25) is 9.00 Å². The minimum atomic E-state index is -0.984. The molecular formula is C21H21N3O3S. The molecular weight excluding hydrogens is 374 g/mol. The molecule has 0 saturated heterocycles. The van der Waals surface area contributed by atoms with Gasteiger partial charge in [0, 0.05) is 16.4 Å². The predicted octanol–water partition coefficient (Wildman–Crippen LogP) is 3.35. The highest BCUT2D eigenvalue weighted by atomic mass is 32.2. The normalized spacial score (nSPS) is 16.4. The molecule has 0 saturated carbocycles. The molecule has 2 aromatic carbocycles. The van der Waals surface area contributed by atoms with Crippen LogP contribution < -0.4 is 10.1 Å². The van der Waals surface area contributed by atoms with E-state index in [0.717, 1.165) is 22.5 Å². The summed E-state index contributed by atoms with van der Waals surface area (Å²) in [7, 11) is -0.984. The topological polar surface area (TPSA) is 73.2 Å². The molecule has 2 heterocycles. The van der Waals surface area contributed by atoms with Crippen molar-refractivity contribution in [2.75, 3.05) is 5.32 Å². The molecule has 0 aliphatic carbocycles. The summed E-state index contributed by atoms with van der Waals surface area (Å²) in [5.41, 5.74) is 3.53. The van der Waals surface area contributed by atoms with Gasteiger partial charge < -0.3 is 10.1 Å². The Bertz CT molecular complexity index is 1050. The number of amides is 1. The zero-order chi connectivity index (χ0) is 19.7.